The van der Waals surface area contributed by atoms with Crippen molar-refractivity contribution in [2.45, 2.75) is 62.7 Å². The number of carbonyl (C=O) groups excluding carboxylic acids is 3. The minimum Gasteiger partial charge on any atom is -0.463 e. The summed E-state index contributed by atoms with van der Waals surface area (Å²) in [5.41, 5.74) is 0.166. The molecule has 4 fully saturated rings. The number of ether oxygens (including phenoxy) is 2. The average Bonchev–Trinajstić information content (AvgIpc) is 2.57. The van der Waals surface area contributed by atoms with E-state index in [1.807, 2.05) is 0 Å². The van der Waals surface area contributed by atoms with Crippen molar-refractivity contribution in [2.24, 2.45) is 17.3 Å². The Morgan fingerprint density at radius 3 is 2.46 bits per heavy atom. The molecule has 28 heavy (non-hydrogen) atoms. The fourth-order valence-corrected chi connectivity index (χ4v) is 7.53. The third kappa shape index (κ3) is 3.44. The highest BCUT2D eigenvalue weighted by atomic mass is 79.9. The Kier molecular flexibility index (Phi) is 4.96. The van der Waals surface area contributed by atoms with Crippen molar-refractivity contribution in [3.63, 3.8) is 0 Å². The quantitative estimate of drug-likeness (QED) is 0.491. The fourth-order valence-electron chi connectivity index (χ4n) is 6.07. The summed E-state index contributed by atoms with van der Waals surface area (Å²) in [4.78, 5) is 37.3. The molecule has 154 valence electrons. The molecule has 4 aliphatic carbocycles. The lowest BCUT2D eigenvalue weighted by atomic mass is 9.49. The molecule has 0 aromatic heterocycles. The zero-order valence-electron chi connectivity index (χ0n) is 16.3. The molecule has 7 nitrogen and oxygen atoms in total. The first-order valence-corrected chi connectivity index (χ1v) is 10.9. The van der Waals surface area contributed by atoms with Crippen LogP contribution in [0.4, 0.5) is 4.79 Å². The van der Waals surface area contributed by atoms with E-state index in [0.29, 0.717) is 23.1 Å². The van der Waals surface area contributed by atoms with Gasteiger partial charge in [0.05, 0.1) is 29.3 Å². The van der Waals surface area contributed by atoms with Crippen molar-refractivity contribution >= 4 is 33.9 Å². The molecule has 2 N–H and O–H groups in total. The van der Waals surface area contributed by atoms with Crippen LogP contribution in [0.25, 0.3) is 0 Å². The molecule has 0 radical (unpaired) electrons. The first kappa shape index (κ1) is 19.7. The molecule has 1 aliphatic heterocycles. The maximum atomic E-state index is 13.1. The number of carbonyl (C=O) groups is 3. The Labute approximate surface area is 173 Å². The largest absolute Gasteiger partial charge is 0.463 e. The summed E-state index contributed by atoms with van der Waals surface area (Å²) in [6.07, 6.45) is 6.04. The normalized spacial score (nSPS) is 38.7. The minimum atomic E-state index is -0.511. The number of nitrogens with one attached hydrogen (secondary N) is 2. The van der Waals surface area contributed by atoms with Gasteiger partial charge in [0, 0.05) is 4.32 Å². The highest BCUT2D eigenvalue weighted by molar-refractivity contribution is 9.10. The zero-order valence-corrected chi connectivity index (χ0v) is 17.9. The summed E-state index contributed by atoms with van der Waals surface area (Å²) in [7, 11) is 0. The van der Waals surface area contributed by atoms with E-state index in [1.165, 1.54) is 6.42 Å². The van der Waals surface area contributed by atoms with E-state index in [2.05, 4.69) is 26.6 Å². The van der Waals surface area contributed by atoms with Crippen LogP contribution in [0.2, 0.25) is 0 Å². The van der Waals surface area contributed by atoms with E-state index in [-0.39, 0.29) is 23.5 Å². The molecule has 4 bridgehead atoms. The van der Waals surface area contributed by atoms with Gasteiger partial charge in [-0.05, 0) is 64.2 Å². The van der Waals surface area contributed by atoms with Crippen LogP contribution in [0.15, 0.2) is 11.3 Å². The summed E-state index contributed by atoms with van der Waals surface area (Å²) in [5.74, 6) is 0.423. The maximum absolute atomic E-state index is 13.1. The Balaban J connectivity index is 1.51. The van der Waals surface area contributed by atoms with Crippen LogP contribution in [-0.4, -0.2) is 41.5 Å². The van der Waals surface area contributed by atoms with Gasteiger partial charge < -0.3 is 20.1 Å². The molecular formula is C20H27BrN2O5. The van der Waals surface area contributed by atoms with Crippen LogP contribution in [0, 0.1) is 17.3 Å². The number of rotatable bonds is 5. The third-order valence-electron chi connectivity index (χ3n) is 6.64. The van der Waals surface area contributed by atoms with Crippen LogP contribution in [0.1, 0.15) is 52.4 Å². The lowest BCUT2D eigenvalue weighted by Gasteiger charge is -2.58. The van der Waals surface area contributed by atoms with Crippen LogP contribution >= 0.6 is 15.9 Å². The second-order valence-corrected chi connectivity index (χ2v) is 10.6. The molecule has 0 spiro atoms. The van der Waals surface area contributed by atoms with E-state index in [4.69, 9.17) is 9.47 Å². The van der Waals surface area contributed by atoms with Crippen LogP contribution in [0.5, 0.6) is 0 Å². The smallest absolute Gasteiger partial charge is 0.338 e. The molecule has 0 saturated heterocycles. The molecule has 0 aromatic rings. The first-order chi connectivity index (χ1) is 13.2. The van der Waals surface area contributed by atoms with Crippen LogP contribution < -0.4 is 10.6 Å². The number of hydrogen-bond acceptors (Lipinski definition) is 5. The van der Waals surface area contributed by atoms with E-state index < -0.39 is 23.5 Å². The van der Waals surface area contributed by atoms with E-state index in [9.17, 15) is 14.4 Å². The lowest BCUT2D eigenvalue weighted by molar-refractivity contribution is -0.168. The van der Waals surface area contributed by atoms with Gasteiger partial charge in [0.15, 0.2) is 0 Å². The number of halogens is 1. The second-order valence-electron chi connectivity index (χ2n) is 8.90. The predicted octanol–water partition coefficient (Wildman–Crippen LogP) is 2.78. The van der Waals surface area contributed by atoms with Crippen molar-refractivity contribution in [3.8, 4) is 0 Å². The maximum Gasteiger partial charge on any atom is 0.338 e. The number of amides is 2. The van der Waals surface area contributed by atoms with Gasteiger partial charge in [-0.3, -0.25) is 4.79 Å². The van der Waals surface area contributed by atoms with Gasteiger partial charge in [0.25, 0.3) is 0 Å². The Bertz CT molecular complexity index is 735. The van der Waals surface area contributed by atoms with Crippen molar-refractivity contribution in [2.75, 3.05) is 13.2 Å². The summed E-state index contributed by atoms with van der Waals surface area (Å²) in [6, 6.07) is -0.923. The van der Waals surface area contributed by atoms with Crippen molar-refractivity contribution in [1.82, 2.24) is 10.6 Å². The molecule has 2 amide bonds. The standard InChI is InChI=1S/C20H27BrN2O5/c1-3-27-16(24)15-11(2)22-18(26)23-14(15)9-28-17(25)19-5-12-4-13(6-19)8-20(21,7-12)10-19/h11-13H,3-10H2,1-2H3,(H2,22,23,26)/t11-,12-,13-,19?,20?/m1/s1. The van der Waals surface area contributed by atoms with Crippen LogP contribution in [0.3, 0.4) is 0 Å². The molecule has 3 atom stereocenters. The topological polar surface area (TPSA) is 93.7 Å². The fraction of sp³-hybridized carbons (Fsp3) is 0.750. The van der Waals surface area contributed by atoms with Gasteiger partial charge in [-0.15, -0.1) is 0 Å². The molecule has 8 heteroatoms. The number of urea groups is 1. The Hall–Kier alpha value is -1.57. The van der Waals surface area contributed by atoms with Gasteiger partial charge in [-0.1, -0.05) is 15.9 Å². The van der Waals surface area contributed by atoms with Crippen molar-refractivity contribution in [1.29, 1.82) is 0 Å². The highest BCUT2D eigenvalue weighted by Crippen LogP contribution is 2.64. The molecule has 5 rings (SSSR count). The molecule has 4 saturated carbocycles. The summed E-state index contributed by atoms with van der Waals surface area (Å²) < 4.78 is 10.9. The van der Waals surface area contributed by atoms with Gasteiger partial charge in [0.2, 0.25) is 0 Å². The Morgan fingerprint density at radius 1 is 1.18 bits per heavy atom. The van der Waals surface area contributed by atoms with Gasteiger partial charge in [0.1, 0.15) is 6.61 Å². The summed E-state index contributed by atoms with van der Waals surface area (Å²) in [5, 5.41) is 5.26. The molecule has 1 heterocycles. The number of alkyl halides is 1. The van der Waals surface area contributed by atoms with E-state index >= 15 is 0 Å². The first-order valence-electron chi connectivity index (χ1n) is 10.1. The van der Waals surface area contributed by atoms with Crippen LogP contribution in [-0.2, 0) is 19.1 Å². The Morgan fingerprint density at radius 2 is 1.86 bits per heavy atom. The number of hydrogen-bond donors (Lipinski definition) is 2. The van der Waals surface area contributed by atoms with Gasteiger partial charge in [-0.2, -0.15) is 0 Å². The van der Waals surface area contributed by atoms with Crippen molar-refractivity contribution in [3.05, 3.63) is 11.3 Å². The average molecular weight is 455 g/mol. The van der Waals surface area contributed by atoms with E-state index in [0.717, 1.165) is 32.1 Å². The van der Waals surface area contributed by atoms with Gasteiger partial charge >= 0.3 is 18.0 Å². The monoisotopic (exact) mass is 454 g/mol. The molecule has 0 unspecified atom stereocenters. The summed E-state index contributed by atoms with van der Waals surface area (Å²) in [6.45, 7) is 3.54. The minimum absolute atomic E-state index is 0.0585. The molecular weight excluding hydrogens is 428 g/mol. The third-order valence-corrected chi connectivity index (χ3v) is 7.56. The number of esters is 2. The predicted molar refractivity (Wildman–Crippen MR) is 105 cm³/mol. The van der Waals surface area contributed by atoms with Crippen molar-refractivity contribution < 1.29 is 23.9 Å². The SMILES string of the molecule is CCOC(=O)C1=C(COC(=O)C23C[C@H]4C[C@@H](CC(Br)(C4)C2)C3)NC(=O)N[C@@H]1C. The molecule has 0 aromatic carbocycles. The molecule has 5 aliphatic rings. The lowest BCUT2D eigenvalue weighted by Crippen LogP contribution is -2.56. The van der Waals surface area contributed by atoms with E-state index in [1.54, 1.807) is 13.8 Å². The second kappa shape index (κ2) is 7.04. The summed E-state index contributed by atoms with van der Waals surface area (Å²) >= 11 is 3.91. The zero-order chi connectivity index (χ0) is 20.1. The highest BCUT2D eigenvalue weighted by Gasteiger charge is 2.60. The van der Waals surface area contributed by atoms with Gasteiger partial charge in [-0.25, -0.2) is 9.59 Å².